The smallest absolute Gasteiger partial charge is 0.341 e. The number of ether oxygens (including phenoxy) is 1. The number of halogens is 3. The van der Waals surface area contributed by atoms with E-state index in [1.54, 1.807) is 0 Å². The summed E-state index contributed by atoms with van der Waals surface area (Å²) in [6, 6.07) is 4.50. The van der Waals surface area contributed by atoms with E-state index in [4.69, 9.17) is 16.3 Å². The van der Waals surface area contributed by atoms with E-state index in [9.17, 15) is 28.6 Å². The van der Waals surface area contributed by atoms with Crippen molar-refractivity contribution in [3.63, 3.8) is 0 Å². The van der Waals surface area contributed by atoms with Gasteiger partial charge >= 0.3 is 5.97 Å². The van der Waals surface area contributed by atoms with Crippen molar-refractivity contribution in [1.29, 1.82) is 0 Å². The van der Waals surface area contributed by atoms with Gasteiger partial charge in [0.15, 0.2) is 0 Å². The molecule has 0 aliphatic carbocycles. The molecule has 0 saturated carbocycles. The predicted molar refractivity (Wildman–Crippen MR) is 117 cm³/mol. The summed E-state index contributed by atoms with van der Waals surface area (Å²) < 4.78 is 35.7. The van der Waals surface area contributed by atoms with Crippen molar-refractivity contribution in [2.45, 2.75) is 26.3 Å². The summed E-state index contributed by atoms with van der Waals surface area (Å²) in [5.41, 5.74) is -0.926. The molecule has 0 bridgehead atoms. The fourth-order valence-corrected chi connectivity index (χ4v) is 3.90. The number of nitrogens with zero attached hydrogens (tertiary/aromatic N) is 1. The number of carboxylic acids is 1. The molecule has 1 atom stereocenters. The predicted octanol–water partition coefficient (Wildman–Crippen LogP) is 4.42. The van der Waals surface area contributed by atoms with Crippen LogP contribution in [0.1, 0.15) is 41.4 Å². The second-order valence-corrected chi connectivity index (χ2v) is 8.17. The molecule has 0 spiro atoms. The third kappa shape index (κ3) is 4.20. The van der Waals surface area contributed by atoms with Crippen LogP contribution in [0.3, 0.4) is 0 Å². The maximum absolute atomic E-state index is 14.5. The average molecular weight is 466 g/mol. The monoisotopic (exact) mass is 465 g/mol. The lowest BCUT2D eigenvalue weighted by Gasteiger charge is -2.25. The number of hydrogen-bond donors (Lipinski definition) is 2. The molecule has 3 aromatic rings. The molecule has 32 heavy (non-hydrogen) atoms. The Labute approximate surface area is 187 Å². The molecule has 6 nitrogen and oxygen atoms in total. The Morgan fingerprint density at radius 1 is 1.25 bits per heavy atom. The molecule has 0 fully saturated rings. The van der Waals surface area contributed by atoms with Crippen LogP contribution in [0, 0.1) is 17.6 Å². The van der Waals surface area contributed by atoms with E-state index in [0.29, 0.717) is 5.52 Å². The normalized spacial score (nSPS) is 12.4. The zero-order valence-electron chi connectivity index (χ0n) is 17.7. The lowest BCUT2D eigenvalue weighted by molar-refractivity contribution is 0.0694. The number of rotatable bonds is 7. The molecule has 1 aromatic heterocycles. The minimum atomic E-state index is -1.42. The highest BCUT2D eigenvalue weighted by atomic mass is 35.5. The van der Waals surface area contributed by atoms with Gasteiger partial charge in [0, 0.05) is 29.6 Å². The highest BCUT2D eigenvalue weighted by molar-refractivity contribution is 6.30. The molecule has 0 amide bonds. The molecule has 170 valence electrons. The second-order valence-electron chi connectivity index (χ2n) is 7.76. The number of carboxylic acid groups (broad SMARTS) is 1. The zero-order valence-corrected chi connectivity index (χ0v) is 18.4. The maximum atomic E-state index is 14.5. The van der Waals surface area contributed by atoms with E-state index in [1.807, 2.05) is 13.8 Å². The number of carbonyl (C=O) groups is 1. The second kappa shape index (κ2) is 9.26. The molecule has 3 rings (SSSR count). The van der Waals surface area contributed by atoms with Crippen LogP contribution < -0.4 is 10.2 Å². The van der Waals surface area contributed by atoms with Crippen LogP contribution in [0.15, 0.2) is 35.3 Å². The molecule has 2 N–H and O–H groups in total. The number of aliphatic hydroxyl groups is 1. The summed E-state index contributed by atoms with van der Waals surface area (Å²) in [6.45, 7) is 3.40. The lowest BCUT2D eigenvalue weighted by atomic mass is 9.98. The van der Waals surface area contributed by atoms with Gasteiger partial charge in [-0.2, -0.15) is 0 Å². The van der Waals surface area contributed by atoms with Gasteiger partial charge in [0.2, 0.25) is 5.43 Å². The maximum Gasteiger partial charge on any atom is 0.341 e. The number of pyridine rings is 1. The van der Waals surface area contributed by atoms with Crippen molar-refractivity contribution in [2.24, 2.45) is 5.92 Å². The molecule has 0 unspecified atom stereocenters. The number of aliphatic hydroxyl groups excluding tert-OH is 1. The average Bonchev–Trinajstić information content (AvgIpc) is 2.75. The van der Waals surface area contributed by atoms with Crippen LogP contribution in [0.4, 0.5) is 8.78 Å². The highest BCUT2D eigenvalue weighted by Gasteiger charge is 2.23. The molecule has 0 radical (unpaired) electrons. The van der Waals surface area contributed by atoms with Crippen molar-refractivity contribution in [3.8, 4) is 5.75 Å². The summed E-state index contributed by atoms with van der Waals surface area (Å²) in [5.74, 6) is -3.01. The third-order valence-corrected chi connectivity index (χ3v) is 5.78. The molecule has 0 aliphatic heterocycles. The van der Waals surface area contributed by atoms with Crippen LogP contribution in [-0.4, -0.2) is 34.5 Å². The Morgan fingerprint density at radius 3 is 2.50 bits per heavy atom. The van der Waals surface area contributed by atoms with Gasteiger partial charge in [-0.15, -0.1) is 0 Å². The minimum absolute atomic E-state index is 0.0302. The van der Waals surface area contributed by atoms with Gasteiger partial charge in [0.05, 0.1) is 30.3 Å². The topological polar surface area (TPSA) is 88.8 Å². The fraction of sp³-hybridized carbons (Fsp3) is 0.304. The first-order valence-corrected chi connectivity index (χ1v) is 10.2. The molecule has 9 heteroatoms. The van der Waals surface area contributed by atoms with Crippen LogP contribution in [0.2, 0.25) is 5.02 Å². The largest absolute Gasteiger partial charge is 0.496 e. The molecular weight excluding hydrogens is 444 g/mol. The zero-order chi connectivity index (χ0) is 23.7. The Balaban J connectivity index is 2.34. The molecule has 0 saturated heterocycles. The van der Waals surface area contributed by atoms with Gasteiger partial charge in [0.1, 0.15) is 22.9 Å². The summed E-state index contributed by atoms with van der Waals surface area (Å²) >= 11 is 5.79. The van der Waals surface area contributed by atoms with E-state index >= 15 is 0 Å². The van der Waals surface area contributed by atoms with Crippen LogP contribution >= 0.6 is 11.6 Å². The van der Waals surface area contributed by atoms with E-state index < -0.39 is 34.6 Å². The molecule has 1 heterocycles. The van der Waals surface area contributed by atoms with Gasteiger partial charge in [-0.05, 0) is 29.7 Å². The van der Waals surface area contributed by atoms with E-state index in [-0.39, 0.29) is 46.2 Å². The highest BCUT2D eigenvalue weighted by Crippen LogP contribution is 2.32. The van der Waals surface area contributed by atoms with Gasteiger partial charge in [-0.3, -0.25) is 4.79 Å². The van der Waals surface area contributed by atoms with Gasteiger partial charge in [0.25, 0.3) is 0 Å². The van der Waals surface area contributed by atoms with Crippen molar-refractivity contribution in [3.05, 3.63) is 74.0 Å². The summed E-state index contributed by atoms with van der Waals surface area (Å²) in [4.78, 5) is 24.6. The SMILES string of the molecule is COc1cc2c(cc1Cc1c(F)ccc(Cl)c1F)c(=O)c(C(=O)O)cn2[C@H](CO)C(C)C. The molecular formula is C23H22ClF2NO5. The van der Waals surface area contributed by atoms with Crippen LogP contribution in [0.25, 0.3) is 10.9 Å². The lowest BCUT2D eigenvalue weighted by Crippen LogP contribution is -2.25. The molecule has 2 aromatic carbocycles. The quantitative estimate of drug-likeness (QED) is 0.504. The van der Waals surface area contributed by atoms with Crippen LogP contribution in [-0.2, 0) is 6.42 Å². The number of aromatic nitrogens is 1. The first-order valence-electron chi connectivity index (χ1n) is 9.82. The van der Waals surface area contributed by atoms with Crippen molar-refractivity contribution in [1.82, 2.24) is 4.57 Å². The summed E-state index contributed by atoms with van der Waals surface area (Å²) in [5, 5.41) is 19.2. The first-order chi connectivity index (χ1) is 15.1. The Hall–Kier alpha value is -2.97. The van der Waals surface area contributed by atoms with Crippen molar-refractivity contribution < 1.29 is 28.5 Å². The van der Waals surface area contributed by atoms with Gasteiger partial charge in [-0.25, -0.2) is 13.6 Å². The Bertz CT molecular complexity index is 1260. The van der Waals surface area contributed by atoms with Crippen LogP contribution in [0.5, 0.6) is 5.75 Å². The van der Waals surface area contributed by atoms with Gasteiger partial charge < -0.3 is 19.5 Å². The standard InChI is InChI=1S/C23H22ClF2NO5/c1-11(2)19(10-28)27-9-15(23(30)31)22(29)14-7-12(20(32-3)8-18(14)27)6-13-17(25)5-4-16(24)21(13)26/h4-5,7-9,11,19,28H,6,10H2,1-3H3,(H,30,31)/t19-/m1/s1. The number of hydrogen-bond acceptors (Lipinski definition) is 4. The minimum Gasteiger partial charge on any atom is -0.496 e. The van der Waals surface area contributed by atoms with Crippen molar-refractivity contribution in [2.75, 3.05) is 13.7 Å². The van der Waals surface area contributed by atoms with Gasteiger partial charge in [-0.1, -0.05) is 25.4 Å². The van der Waals surface area contributed by atoms with Crippen molar-refractivity contribution >= 4 is 28.5 Å². The number of fused-ring (bicyclic) bond motifs is 1. The number of aromatic carboxylic acids is 1. The van der Waals surface area contributed by atoms with E-state index in [0.717, 1.165) is 12.1 Å². The number of benzene rings is 2. The Morgan fingerprint density at radius 2 is 1.94 bits per heavy atom. The summed E-state index contributed by atoms with van der Waals surface area (Å²) in [6.07, 6.45) is 0.922. The third-order valence-electron chi connectivity index (χ3n) is 5.48. The first kappa shape index (κ1) is 23.7. The Kier molecular flexibility index (Phi) is 6.85. The molecule has 0 aliphatic rings. The fourth-order valence-electron chi connectivity index (χ4n) is 3.72. The van der Waals surface area contributed by atoms with E-state index in [1.165, 1.54) is 30.0 Å². The van der Waals surface area contributed by atoms with E-state index in [2.05, 4.69) is 0 Å². The number of methoxy groups -OCH3 is 1. The summed E-state index contributed by atoms with van der Waals surface area (Å²) in [7, 11) is 1.37.